The second-order valence-electron chi connectivity index (χ2n) is 7.86. The van der Waals surface area contributed by atoms with Crippen LogP contribution in [0.3, 0.4) is 0 Å². The SMILES string of the molecule is COC(=O)c1ccc(C2CN(C(/C=C(\N)c3ccccc3O)=C(N)N)CC(C)O2)c(C)c1. The van der Waals surface area contributed by atoms with E-state index in [4.69, 9.17) is 26.7 Å². The van der Waals surface area contributed by atoms with Crippen LogP contribution in [-0.4, -0.2) is 42.3 Å². The number of esters is 1. The van der Waals surface area contributed by atoms with Gasteiger partial charge in [-0.05, 0) is 55.3 Å². The van der Waals surface area contributed by atoms with E-state index in [0.29, 0.717) is 35.6 Å². The van der Waals surface area contributed by atoms with Crippen molar-refractivity contribution in [3.05, 3.63) is 82.3 Å². The molecule has 1 aliphatic heterocycles. The second-order valence-corrected chi connectivity index (χ2v) is 7.86. The zero-order valence-electron chi connectivity index (χ0n) is 18.5. The van der Waals surface area contributed by atoms with E-state index in [0.717, 1.165) is 11.1 Å². The number of hydrogen-bond acceptors (Lipinski definition) is 8. The van der Waals surface area contributed by atoms with E-state index < -0.39 is 0 Å². The minimum Gasteiger partial charge on any atom is -0.507 e. The zero-order chi connectivity index (χ0) is 23.4. The lowest BCUT2D eigenvalue weighted by Gasteiger charge is -2.39. The van der Waals surface area contributed by atoms with Crippen LogP contribution >= 0.6 is 0 Å². The van der Waals surface area contributed by atoms with Gasteiger partial charge in [0.15, 0.2) is 0 Å². The van der Waals surface area contributed by atoms with Crippen molar-refractivity contribution >= 4 is 11.7 Å². The van der Waals surface area contributed by atoms with Gasteiger partial charge < -0.3 is 36.7 Å². The molecule has 1 saturated heterocycles. The molecule has 3 rings (SSSR count). The summed E-state index contributed by atoms with van der Waals surface area (Å²) in [4.78, 5) is 13.9. The average Bonchev–Trinajstić information content (AvgIpc) is 2.76. The van der Waals surface area contributed by atoms with E-state index in [9.17, 15) is 9.90 Å². The molecule has 2 atom stereocenters. The molecule has 1 heterocycles. The number of rotatable bonds is 5. The average molecular weight is 439 g/mol. The number of benzene rings is 2. The van der Waals surface area contributed by atoms with Gasteiger partial charge in [0.25, 0.3) is 0 Å². The van der Waals surface area contributed by atoms with E-state index in [-0.39, 0.29) is 29.7 Å². The monoisotopic (exact) mass is 438 g/mol. The van der Waals surface area contributed by atoms with Gasteiger partial charge in [-0.15, -0.1) is 0 Å². The largest absolute Gasteiger partial charge is 0.507 e. The summed E-state index contributed by atoms with van der Waals surface area (Å²) >= 11 is 0. The predicted molar refractivity (Wildman–Crippen MR) is 123 cm³/mol. The lowest BCUT2D eigenvalue weighted by molar-refractivity contribution is -0.0686. The van der Waals surface area contributed by atoms with Crippen LogP contribution in [0.1, 0.15) is 40.1 Å². The van der Waals surface area contributed by atoms with E-state index in [1.807, 2.05) is 24.8 Å². The maximum Gasteiger partial charge on any atom is 0.337 e. The molecule has 2 aromatic rings. The summed E-state index contributed by atoms with van der Waals surface area (Å²) in [6.07, 6.45) is 1.30. The first-order valence-corrected chi connectivity index (χ1v) is 10.3. The molecule has 0 spiro atoms. The number of nitrogens with two attached hydrogens (primary N) is 3. The van der Waals surface area contributed by atoms with Gasteiger partial charge >= 0.3 is 5.97 Å². The summed E-state index contributed by atoms with van der Waals surface area (Å²) in [6, 6.07) is 12.2. The number of carbonyl (C=O) groups is 1. The Morgan fingerprint density at radius 1 is 1.19 bits per heavy atom. The Labute approximate surface area is 187 Å². The molecule has 0 aliphatic carbocycles. The Morgan fingerprint density at radius 2 is 1.91 bits per heavy atom. The van der Waals surface area contributed by atoms with Gasteiger partial charge in [-0.3, -0.25) is 0 Å². The molecular weight excluding hydrogens is 408 g/mol. The van der Waals surface area contributed by atoms with Gasteiger partial charge in [-0.25, -0.2) is 4.79 Å². The van der Waals surface area contributed by atoms with Gasteiger partial charge in [0, 0.05) is 24.4 Å². The third-order valence-corrected chi connectivity index (χ3v) is 5.44. The second kappa shape index (κ2) is 9.65. The number of nitrogens with zero attached hydrogens (tertiary/aromatic N) is 1. The van der Waals surface area contributed by atoms with Gasteiger partial charge in [0.1, 0.15) is 17.7 Å². The molecule has 2 aromatic carbocycles. The van der Waals surface area contributed by atoms with E-state index >= 15 is 0 Å². The van der Waals surface area contributed by atoms with Crippen molar-refractivity contribution in [2.45, 2.75) is 26.1 Å². The molecule has 1 aliphatic rings. The molecule has 2 unspecified atom stereocenters. The number of allylic oxidation sites excluding steroid dienone is 1. The fourth-order valence-electron chi connectivity index (χ4n) is 3.90. The van der Waals surface area contributed by atoms with E-state index in [1.54, 1.807) is 42.5 Å². The minimum atomic E-state index is -0.384. The normalized spacial score (nSPS) is 18.8. The standard InChI is InChI=1S/C24H30N4O4/c1-14-10-16(24(30)31-3)8-9-17(14)22-13-28(12-15(2)32-22)20(23(26)27)11-19(25)18-6-4-5-7-21(18)29/h4-11,15,22,29H,12-13,25-27H2,1-3H3/b19-11-. The predicted octanol–water partition coefficient (Wildman–Crippen LogP) is 2.34. The Hall–Kier alpha value is -3.65. The minimum absolute atomic E-state index is 0.0748. The molecule has 0 amide bonds. The Bertz CT molecular complexity index is 1060. The third-order valence-electron chi connectivity index (χ3n) is 5.44. The molecule has 0 saturated carbocycles. The van der Waals surface area contributed by atoms with Gasteiger partial charge in [0.2, 0.25) is 0 Å². The Kier molecular flexibility index (Phi) is 6.95. The summed E-state index contributed by atoms with van der Waals surface area (Å²) in [5, 5.41) is 10.1. The van der Waals surface area contributed by atoms with Crippen LogP contribution in [-0.2, 0) is 9.47 Å². The number of morpholine rings is 1. The topological polar surface area (TPSA) is 137 Å². The maximum atomic E-state index is 11.8. The highest BCUT2D eigenvalue weighted by atomic mass is 16.5. The molecule has 8 heteroatoms. The first-order chi connectivity index (χ1) is 15.2. The lowest BCUT2D eigenvalue weighted by atomic mass is 9.98. The molecule has 0 radical (unpaired) electrons. The van der Waals surface area contributed by atoms with Crippen LogP contribution in [0.25, 0.3) is 5.70 Å². The number of aromatic hydroxyl groups is 1. The molecule has 0 aromatic heterocycles. The van der Waals surface area contributed by atoms with Gasteiger partial charge in [-0.1, -0.05) is 18.2 Å². The molecule has 8 nitrogen and oxygen atoms in total. The number of methoxy groups -OCH3 is 1. The van der Waals surface area contributed by atoms with Crippen LogP contribution in [0.5, 0.6) is 5.75 Å². The van der Waals surface area contributed by atoms with Crippen LogP contribution in [0.15, 0.2) is 60.1 Å². The van der Waals surface area contributed by atoms with Crippen LogP contribution in [0.4, 0.5) is 0 Å². The van der Waals surface area contributed by atoms with Crippen molar-refractivity contribution in [1.29, 1.82) is 0 Å². The van der Waals surface area contributed by atoms with Crippen LogP contribution in [0.2, 0.25) is 0 Å². The molecule has 170 valence electrons. The molecule has 1 fully saturated rings. The summed E-state index contributed by atoms with van der Waals surface area (Å²) < 4.78 is 11.0. The van der Waals surface area contributed by atoms with Gasteiger partial charge in [-0.2, -0.15) is 0 Å². The number of phenolic OH excluding ortho intramolecular Hbond substituents is 1. The highest BCUT2D eigenvalue weighted by Gasteiger charge is 2.29. The quantitative estimate of drug-likeness (QED) is 0.412. The van der Waals surface area contributed by atoms with Crippen molar-refractivity contribution in [2.24, 2.45) is 17.2 Å². The van der Waals surface area contributed by atoms with E-state index in [1.165, 1.54) is 7.11 Å². The van der Waals surface area contributed by atoms with Gasteiger partial charge in [0.05, 0.1) is 24.5 Å². The third kappa shape index (κ3) is 4.97. The summed E-state index contributed by atoms with van der Waals surface area (Å²) in [6.45, 7) is 4.95. The summed E-state index contributed by atoms with van der Waals surface area (Å²) in [5.41, 5.74) is 22.1. The van der Waals surface area contributed by atoms with Crippen molar-refractivity contribution < 1.29 is 19.4 Å². The number of ether oxygens (including phenoxy) is 2. The number of phenols is 1. The van der Waals surface area contributed by atoms with Crippen LogP contribution < -0.4 is 17.2 Å². The zero-order valence-corrected chi connectivity index (χ0v) is 18.5. The first kappa shape index (κ1) is 23.0. The highest BCUT2D eigenvalue weighted by Crippen LogP contribution is 2.31. The van der Waals surface area contributed by atoms with Crippen molar-refractivity contribution in [2.75, 3.05) is 20.2 Å². The number of para-hydroxylation sites is 1. The fraction of sp³-hybridized carbons (Fsp3) is 0.292. The number of carbonyl (C=O) groups excluding carboxylic acids is 1. The maximum absolute atomic E-state index is 11.8. The van der Waals surface area contributed by atoms with Crippen molar-refractivity contribution in [3.63, 3.8) is 0 Å². The molecule has 0 bridgehead atoms. The molecule has 7 N–H and O–H groups in total. The van der Waals surface area contributed by atoms with E-state index in [2.05, 4.69) is 0 Å². The fourth-order valence-corrected chi connectivity index (χ4v) is 3.90. The number of hydrogen-bond donors (Lipinski definition) is 4. The molecular formula is C24H30N4O4. The summed E-state index contributed by atoms with van der Waals surface area (Å²) in [7, 11) is 1.36. The lowest BCUT2D eigenvalue weighted by Crippen LogP contribution is -2.43. The van der Waals surface area contributed by atoms with Crippen molar-refractivity contribution in [3.8, 4) is 5.75 Å². The molecule has 32 heavy (non-hydrogen) atoms. The number of aryl methyl sites for hydroxylation is 1. The first-order valence-electron chi connectivity index (χ1n) is 10.3. The summed E-state index contributed by atoms with van der Waals surface area (Å²) in [5.74, 6) is -0.190. The smallest absolute Gasteiger partial charge is 0.337 e. The van der Waals surface area contributed by atoms with Crippen molar-refractivity contribution in [1.82, 2.24) is 4.90 Å². The Balaban J connectivity index is 1.91. The van der Waals surface area contributed by atoms with Crippen LogP contribution in [0, 0.1) is 6.92 Å². The highest BCUT2D eigenvalue weighted by molar-refractivity contribution is 5.89. The Morgan fingerprint density at radius 3 is 2.53 bits per heavy atom.